The van der Waals surface area contributed by atoms with Crippen LogP contribution in [0.25, 0.3) is 0 Å². The molecule has 1 aromatic carbocycles. The lowest BCUT2D eigenvalue weighted by Gasteiger charge is -2.16. The molecule has 1 aromatic heterocycles. The Morgan fingerprint density at radius 1 is 1.32 bits per heavy atom. The Balaban J connectivity index is 0.00000225. The second kappa shape index (κ2) is 7.96. The fraction of sp³-hybridized carbons (Fsp3) is 0.333. The molecule has 1 aliphatic heterocycles. The maximum absolute atomic E-state index is 12.3. The van der Waals surface area contributed by atoms with Crippen molar-refractivity contribution >= 4 is 28.3 Å². The number of nitrogens with two attached hydrogens (primary N) is 1. The zero-order chi connectivity index (χ0) is 17.2. The van der Waals surface area contributed by atoms with Crippen LogP contribution in [0.2, 0.25) is 0 Å². The molecule has 3 N–H and O–H groups in total. The number of sulfonamides is 1. The van der Waals surface area contributed by atoms with E-state index >= 15 is 0 Å². The van der Waals surface area contributed by atoms with E-state index in [0.717, 1.165) is 6.42 Å². The SMILES string of the molecule is Cl.N[C@@H]1CCN(C(=O)c2ccc(S(=O)(=O)NCc3ccon3)cc2)C1. The Hall–Kier alpha value is -1.94. The van der Waals surface area contributed by atoms with Gasteiger partial charge in [0.25, 0.3) is 5.91 Å². The first-order chi connectivity index (χ1) is 11.5. The molecule has 2 aromatic rings. The Labute approximate surface area is 151 Å². The molecule has 0 bridgehead atoms. The number of amides is 1. The Morgan fingerprint density at radius 2 is 2.04 bits per heavy atom. The van der Waals surface area contributed by atoms with E-state index in [4.69, 9.17) is 5.73 Å². The van der Waals surface area contributed by atoms with Crippen molar-refractivity contribution in [1.82, 2.24) is 14.8 Å². The Bertz CT molecular complexity index is 809. The van der Waals surface area contributed by atoms with Crippen LogP contribution in [0.15, 0.2) is 46.0 Å². The van der Waals surface area contributed by atoms with E-state index in [1.807, 2.05) is 0 Å². The molecule has 1 amide bonds. The summed E-state index contributed by atoms with van der Waals surface area (Å²) in [6.07, 6.45) is 2.15. The lowest BCUT2D eigenvalue weighted by Crippen LogP contribution is -2.31. The van der Waals surface area contributed by atoms with Crippen LogP contribution in [0.4, 0.5) is 0 Å². The first-order valence-electron chi connectivity index (χ1n) is 7.49. The average molecular weight is 387 g/mol. The molecule has 1 atom stereocenters. The monoisotopic (exact) mass is 386 g/mol. The van der Waals surface area contributed by atoms with Crippen LogP contribution in [-0.2, 0) is 16.6 Å². The first kappa shape index (κ1) is 19.4. The summed E-state index contributed by atoms with van der Waals surface area (Å²) >= 11 is 0. The van der Waals surface area contributed by atoms with E-state index in [1.54, 1.807) is 11.0 Å². The van der Waals surface area contributed by atoms with Crippen LogP contribution in [-0.4, -0.2) is 43.5 Å². The largest absolute Gasteiger partial charge is 0.364 e. The van der Waals surface area contributed by atoms with E-state index in [9.17, 15) is 13.2 Å². The summed E-state index contributed by atoms with van der Waals surface area (Å²) in [6.45, 7) is 1.18. The van der Waals surface area contributed by atoms with E-state index in [1.165, 1.54) is 30.5 Å². The Kier molecular flexibility index (Phi) is 6.17. The number of nitrogens with one attached hydrogen (secondary N) is 1. The van der Waals surface area contributed by atoms with Crippen molar-refractivity contribution < 1.29 is 17.7 Å². The fourth-order valence-corrected chi connectivity index (χ4v) is 3.51. The van der Waals surface area contributed by atoms with Gasteiger partial charge in [-0.2, -0.15) is 0 Å². The third kappa shape index (κ3) is 4.57. The van der Waals surface area contributed by atoms with Crippen molar-refractivity contribution in [3.05, 3.63) is 47.9 Å². The number of benzene rings is 1. The van der Waals surface area contributed by atoms with E-state index in [2.05, 4.69) is 14.4 Å². The van der Waals surface area contributed by atoms with Crippen molar-refractivity contribution in [3.63, 3.8) is 0 Å². The highest BCUT2D eigenvalue weighted by molar-refractivity contribution is 7.89. The van der Waals surface area contributed by atoms with Crippen LogP contribution in [0.3, 0.4) is 0 Å². The van der Waals surface area contributed by atoms with Crippen molar-refractivity contribution in [3.8, 4) is 0 Å². The molecule has 1 fully saturated rings. The van der Waals surface area contributed by atoms with Crippen molar-refractivity contribution in [2.24, 2.45) is 5.73 Å². The topological polar surface area (TPSA) is 119 Å². The van der Waals surface area contributed by atoms with Gasteiger partial charge in [0.1, 0.15) is 6.26 Å². The van der Waals surface area contributed by atoms with Gasteiger partial charge in [-0.25, -0.2) is 13.1 Å². The molecule has 10 heteroatoms. The number of likely N-dealkylation sites (tertiary alicyclic amines) is 1. The molecule has 0 spiro atoms. The number of carbonyl (C=O) groups is 1. The van der Waals surface area contributed by atoms with Crippen molar-refractivity contribution in [2.75, 3.05) is 13.1 Å². The molecule has 2 heterocycles. The number of hydrogen-bond acceptors (Lipinski definition) is 6. The summed E-state index contributed by atoms with van der Waals surface area (Å²) < 4.78 is 31.5. The van der Waals surface area contributed by atoms with Crippen molar-refractivity contribution in [2.45, 2.75) is 23.9 Å². The van der Waals surface area contributed by atoms with Gasteiger partial charge in [0, 0.05) is 30.8 Å². The van der Waals surface area contributed by atoms with Gasteiger partial charge in [-0.3, -0.25) is 4.79 Å². The van der Waals surface area contributed by atoms with Gasteiger partial charge in [0.15, 0.2) is 0 Å². The van der Waals surface area contributed by atoms with Crippen LogP contribution in [0.1, 0.15) is 22.5 Å². The number of nitrogens with zero attached hydrogens (tertiary/aromatic N) is 2. The van der Waals surface area contributed by atoms with Crippen LogP contribution in [0, 0.1) is 0 Å². The van der Waals surface area contributed by atoms with Crippen molar-refractivity contribution in [1.29, 1.82) is 0 Å². The summed E-state index contributed by atoms with van der Waals surface area (Å²) in [5.41, 5.74) is 6.73. The quantitative estimate of drug-likeness (QED) is 0.782. The lowest BCUT2D eigenvalue weighted by molar-refractivity contribution is 0.0791. The van der Waals surface area contributed by atoms with Gasteiger partial charge in [-0.05, 0) is 30.7 Å². The third-order valence-corrected chi connectivity index (χ3v) is 5.28. The second-order valence-electron chi connectivity index (χ2n) is 5.64. The highest BCUT2D eigenvalue weighted by Gasteiger charge is 2.25. The van der Waals surface area contributed by atoms with Gasteiger partial charge in [-0.1, -0.05) is 5.16 Å². The number of carbonyl (C=O) groups excluding carboxylic acids is 1. The third-order valence-electron chi connectivity index (χ3n) is 3.86. The molecule has 25 heavy (non-hydrogen) atoms. The lowest BCUT2D eigenvalue weighted by atomic mass is 10.2. The van der Waals surface area contributed by atoms with Crippen LogP contribution >= 0.6 is 12.4 Å². The first-order valence-corrected chi connectivity index (χ1v) is 8.98. The molecular formula is C15H19ClN4O4S. The fourth-order valence-electron chi connectivity index (χ4n) is 2.51. The highest BCUT2D eigenvalue weighted by atomic mass is 35.5. The summed E-state index contributed by atoms with van der Waals surface area (Å²) in [5.74, 6) is -0.137. The normalized spacial score (nSPS) is 17.3. The predicted molar refractivity (Wildman–Crippen MR) is 92.7 cm³/mol. The zero-order valence-electron chi connectivity index (χ0n) is 13.3. The molecule has 0 radical (unpaired) electrons. The summed E-state index contributed by atoms with van der Waals surface area (Å²) in [7, 11) is -3.68. The number of halogens is 1. The van der Waals surface area contributed by atoms with E-state index < -0.39 is 10.0 Å². The summed E-state index contributed by atoms with van der Waals surface area (Å²) in [5, 5.41) is 3.64. The molecule has 1 aliphatic rings. The van der Waals surface area contributed by atoms with E-state index in [-0.39, 0.29) is 35.8 Å². The molecule has 0 aliphatic carbocycles. The molecule has 8 nitrogen and oxygen atoms in total. The minimum Gasteiger partial charge on any atom is -0.364 e. The molecule has 1 saturated heterocycles. The predicted octanol–water partition coefficient (Wildman–Crippen LogP) is 0.748. The second-order valence-corrected chi connectivity index (χ2v) is 7.41. The van der Waals surface area contributed by atoms with Gasteiger partial charge in [-0.15, -0.1) is 12.4 Å². The molecule has 0 unspecified atom stereocenters. The van der Waals surface area contributed by atoms with Crippen LogP contribution in [0.5, 0.6) is 0 Å². The number of hydrogen-bond donors (Lipinski definition) is 2. The maximum atomic E-state index is 12.3. The standard InChI is InChI=1S/C15H18N4O4S.ClH/c16-12-5-7-19(10-12)15(20)11-1-3-14(4-2-11)24(21,22)17-9-13-6-8-23-18-13;/h1-4,6,8,12,17H,5,7,9-10,16H2;1H/t12-;/m1./s1. The van der Waals surface area contributed by atoms with Gasteiger partial charge < -0.3 is 15.2 Å². The Morgan fingerprint density at radius 3 is 2.60 bits per heavy atom. The summed E-state index contributed by atoms with van der Waals surface area (Å²) in [4.78, 5) is 14.1. The maximum Gasteiger partial charge on any atom is 0.253 e. The minimum absolute atomic E-state index is 0. The molecule has 3 rings (SSSR count). The number of rotatable bonds is 5. The molecule has 0 saturated carbocycles. The van der Waals surface area contributed by atoms with Gasteiger partial charge >= 0.3 is 0 Å². The van der Waals surface area contributed by atoms with Gasteiger partial charge in [0.05, 0.1) is 17.1 Å². The zero-order valence-corrected chi connectivity index (χ0v) is 14.9. The smallest absolute Gasteiger partial charge is 0.253 e. The van der Waals surface area contributed by atoms with E-state index in [0.29, 0.717) is 24.3 Å². The highest BCUT2D eigenvalue weighted by Crippen LogP contribution is 2.15. The van der Waals surface area contributed by atoms with Crippen LogP contribution < -0.4 is 10.5 Å². The minimum atomic E-state index is -3.68. The molecular weight excluding hydrogens is 368 g/mol. The van der Waals surface area contributed by atoms with Gasteiger partial charge in [0.2, 0.25) is 10.0 Å². The number of aromatic nitrogens is 1. The molecule has 136 valence electrons. The average Bonchev–Trinajstić information content (AvgIpc) is 3.24. The summed E-state index contributed by atoms with van der Waals surface area (Å²) in [6, 6.07) is 7.43.